The molecule has 1 saturated carbocycles. The van der Waals surface area contributed by atoms with E-state index in [0.29, 0.717) is 0 Å². The molecule has 0 unspecified atom stereocenters. The summed E-state index contributed by atoms with van der Waals surface area (Å²) in [7, 11) is 0. The van der Waals surface area contributed by atoms with Gasteiger partial charge < -0.3 is 10.2 Å². The molecular formula is C19H38N2. The van der Waals surface area contributed by atoms with Gasteiger partial charge in [0.1, 0.15) is 0 Å². The first-order valence-electron chi connectivity index (χ1n) is 9.91. The van der Waals surface area contributed by atoms with E-state index >= 15 is 0 Å². The molecule has 0 aromatic carbocycles. The molecule has 124 valence electrons. The van der Waals surface area contributed by atoms with Crippen molar-refractivity contribution in [2.45, 2.75) is 95.9 Å². The van der Waals surface area contributed by atoms with Crippen molar-refractivity contribution in [1.29, 1.82) is 0 Å². The summed E-state index contributed by atoms with van der Waals surface area (Å²) in [5.41, 5.74) is 0. The molecule has 0 amide bonds. The van der Waals surface area contributed by atoms with Crippen molar-refractivity contribution in [1.82, 2.24) is 10.2 Å². The molecule has 2 fully saturated rings. The van der Waals surface area contributed by atoms with Gasteiger partial charge in [-0.05, 0) is 38.8 Å². The van der Waals surface area contributed by atoms with E-state index < -0.39 is 0 Å². The minimum atomic E-state index is 0.800. The van der Waals surface area contributed by atoms with Crippen LogP contribution in [-0.2, 0) is 0 Å². The summed E-state index contributed by atoms with van der Waals surface area (Å²) in [6.45, 7) is 5.17. The van der Waals surface area contributed by atoms with Gasteiger partial charge in [0, 0.05) is 19.1 Å². The molecule has 1 N–H and O–H groups in total. The molecule has 2 nitrogen and oxygen atoms in total. The van der Waals surface area contributed by atoms with Gasteiger partial charge in [0.25, 0.3) is 0 Å². The highest BCUT2D eigenvalue weighted by Gasteiger charge is 2.12. The van der Waals surface area contributed by atoms with Crippen LogP contribution >= 0.6 is 0 Å². The smallest absolute Gasteiger partial charge is 0.0107 e. The van der Waals surface area contributed by atoms with Crippen LogP contribution in [0.25, 0.3) is 0 Å². The number of nitrogens with zero attached hydrogens (tertiary/aromatic N) is 1. The van der Waals surface area contributed by atoms with Crippen molar-refractivity contribution >= 4 is 0 Å². The zero-order valence-electron chi connectivity index (χ0n) is 14.3. The minimum absolute atomic E-state index is 0.800. The number of rotatable bonds is 4. The van der Waals surface area contributed by atoms with Crippen LogP contribution in [0.5, 0.6) is 0 Å². The highest BCUT2D eigenvalue weighted by atomic mass is 15.1. The van der Waals surface area contributed by atoms with Crippen LogP contribution in [0.3, 0.4) is 0 Å². The van der Waals surface area contributed by atoms with Crippen molar-refractivity contribution < 1.29 is 0 Å². The topological polar surface area (TPSA) is 15.3 Å². The molecule has 0 radical (unpaired) electrons. The first-order chi connectivity index (χ1) is 10.4. The van der Waals surface area contributed by atoms with Crippen LogP contribution < -0.4 is 5.32 Å². The van der Waals surface area contributed by atoms with Crippen LogP contribution in [-0.4, -0.2) is 37.1 Å². The molecule has 0 spiro atoms. The number of hydrogen-bond donors (Lipinski definition) is 1. The zero-order valence-corrected chi connectivity index (χ0v) is 14.3. The molecule has 1 heterocycles. The molecular weight excluding hydrogens is 256 g/mol. The maximum atomic E-state index is 3.88. The van der Waals surface area contributed by atoms with E-state index in [1.165, 1.54) is 116 Å². The fourth-order valence-corrected chi connectivity index (χ4v) is 3.98. The van der Waals surface area contributed by atoms with Crippen molar-refractivity contribution in [3.8, 4) is 0 Å². The van der Waals surface area contributed by atoms with E-state index in [9.17, 15) is 0 Å². The van der Waals surface area contributed by atoms with Gasteiger partial charge >= 0.3 is 0 Å². The summed E-state index contributed by atoms with van der Waals surface area (Å²) in [6, 6.07) is 0.800. The molecule has 1 aliphatic heterocycles. The van der Waals surface area contributed by atoms with Gasteiger partial charge in [-0.25, -0.2) is 0 Å². The molecule has 2 rings (SSSR count). The number of piperidine rings is 1. The third-order valence-corrected chi connectivity index (χ3v) is 5.41. The Morgan fingerprint density at radius 2 is 1.10 bits per heavy atom. The monoisotopic (exact) mass is 294 g/mol. The van der Waals surface area contributed by atoms with Gasteiger partial charge in [0.15, 0.2) is 0 Å². The Morgan fingerprint density at radius 3 is 1.67 bits per heavy atom. The molecule has 0 atom stereocenters. The summed E-state index contributed by atoms with van der Waals surface area (Å²) in [5, 5.41) is 3.88. The van der Waals surface area contributed by atoms with E-state index in [2.05, 4.69) is 10.2 Å². The molecule has 0 aromatic rings. The number of nitrogens with one attached hydrogen (secondary N) is 1. The molecule has 0 bridgehead atoms. The van der Waals surface area contributed by atoms with Crippen LogP contribution in [0, 0.1) is 0 Å². The van der Waals surface area contributed by atoms with Gasteiger partial charge in [0.2, 0.25) is 0 Å². The quantitative estimate of drug-likeness (QED) is 0.806. The first-order valence-corrected chi connectivity index (χ1v) is 9.91. The normalized spacial score (nSPS) is 25.1. The zero-order chi connectivity index (χ0) is 14.6. The maximum Gasteiger partial charge on any atom is 0.0107 e. The van der Waals surface area contributed by atoms with Crippen molar-refractivity contribution in [3.05, 3.63) is 0 Å². The number of hydrogen-bond acceptors (Lipinski definition) is 2. The lowest BCUT2D eigenvalue weighted by Gasteiger charge is -2.27. The molecule has 1 aliphatic carbocycles. The predicted molar refractivity (Wildman–Crippen MR) is 92.9 cm³/mol. The average molecular weight is 295 g/mol. The fourth-order valence-electron chi connectivity index (χ4n) is 3.98. The Morgan fingerprint density at radius 1 is 0.619 bits per heavy atom. The lowest BCUT2D eigenvalue weighted by atomic mass is 9.98. The van der Waals surface area contributed by atoms with E-state index in [0.717, 1.165) is 6.04 Å². The van der Waals surface area contributed by atoms with Crippen LogP contribution in [0.15, 0.2) is 0 Å². The van der Waals surface area contributed by atoms with Crippen LogP contribution in [0.4, 0.5) is 0 Å². The third-order valence-electron chi connectivity index (χ3n) is 5.41. The van der Waals surface area contributed by atoms with Crippen molar-refractivity contribution in [2.75, 3.05) is 26.2 Å². The van der Waals surface area contributed by atoms with E-state index in [-0.39, 0.29) is 0 Å². The molecule has 0 aromatic heterocycles. The Kier molecular flexibility index (Phi) is 9.45. The number of likely N-dealkylation sites (tertiary alicyclic amines) is 1. The van der Waals surface area contributed by atoms with Gasteiger partial charge in [-0.15, -0.1) is 0 Å². The lowest BCUT2D eigenvalue weighted by Crippen LogP contribution is -2.39. The standard InChI is InChI=1S/C19H38N2/c1-2-4-6-9-13-19(14-10-7-5-3-1)20-15-18-21-16-11-8-12-17-21/h19-20H,1-18H2. The largest absolute Gasteiger partial charge is 0.313 e. The molecule has 21 heavy (non-hydrogen) atoms. The van der Waals surface area contributed by atoms with Crippen molar-refractivity contribution in [2.24, 2.45) is 0 Å². The second kappa shape index (κ2) is 11.5. The van der Waals surface area contributed by atoms with Crippen LogP contribution in [0.2, 0.25) is 0 Å². The van der Waals surface area contributed by atoms with Crippen LogP contribution in [0.1, 0.15) is 89.9 Å². The van der Waals surface area contributed by atoms with Gasteiger partial charge in [-0.2, -0.15) is 0 Å². The first kappa shape index (κ1) is 17.3. The van der Waals surface area contributed by atoms with E-state index in [4.69, 9.17) is 0 Å². The Balaban J connectivity index is 1.60. The highest BCUT2D eigenvalue weighted by molar-refractivity contribution is 4.71. The average Bonchev–Trinajstić information content (AvgIpc) is 2.51. The van der Waals surface area contributed by atoms with E-state index in [1.54, 1.807) is 0 Å². The Bertz CT molecular complexity index is 224. The van der Waals surface area contributed by atoms with Crippen molar-refractivity contribution in [3.63, 3.8) is 0 Å². The Hall–Kier alpha value is -0.0800. The van der Waals surface area contributed by atoms with Gasteiger partial charge in [-0.1, -0.05) is 64.2 Å². The second-order valence-electron chi connectivity index (χ2n) is 7.31. The molecule has 2 aliphatic rings. The minimum Gasteiger partial charge on any atom is -0.313 e. The lowest BCUT2D eigenvalue weighted by molar-refractivity contribution is 0.224. The van der Waals surface area contributed by atoms with Gasteiger partial charge in [-0.3, -0.25) is 0 Å². The molecule has 1 saturated heterocycles. The fraction of sp³-hybridized carbons (Fsp3) is 1.00. The second-order valence-corrected chi connectivity index (χ2v) is 7.31. The summed E-state index contributed by atoms with van der Waals surface area (Å²) in [6.07, 6.45) is 20.3. The highest BCUT2D eigenvalue weighted by Crippen LogP contribution is 2.17. The SMILES string of the molecule is C1CCCCCC(NCCN2CCCCC2)CCCCC1. The molecule has 2 heteroatoms. The summed E-state index contributed by atoms with van der Waals surface area (Å²) in [4.78, 5) is 2.66. The Labute approximate surface area is 133 Å². The maximum absolute atomic E-state index is 3.88. The predicted octanol–water partition coefficient (Wildman–Crippen LogP) is 4.74. The summed E-state index contributed by atoms with van der Waals surface area (Å²) >= 11 is 0. The van der Waals surface area contributed by atoms with Gasteiger partial charge in [0.05, 0.1) is 0 Å². The van der Waals surface area contributed by atoms with E-state index in [1.807, 2.05) is 0 Å². The summed E-state index contributed by atoms with van der Waals surface area (Å²) in [5.74, 6) is 0. The summed E-state index contributed by atoms with van der Waals surface area (Å²) < 4.78 is 0. The third kappa shape index (κ3) is 8.21.